The fourth-order valence-electron chi connectivity index (χ4n) is 2.87. The molecule has 0 aliphatic carbocycles. The van der Waals surface area contributed by atoms with Crippen molar-refractivity contribution in [1.82, 2.24) is 9.80 Å². The van der Waals surface area contributed by atoms with Gasteiger partial charge in [-0.1, -0.05) is 12.8 Å². The highest BCUT2D eigenvalue weighted by atomic mass is 16.5. The molecule has 5 heteroatoms. The molecule has 20 heavy (non-hydrogen) atoms. The Morgan fingerprint density at radius 1 is 0.950 bits per heavy atom. The van der Waals surface area contributed by atoms with Crippen LogP contribution in [-0.4, -0.2) is 68.2 Å². The molecule has 0 aromatic carbocycles. The third-order valence-corrected chi connectivity index (χ3v) is 4.19. The molecule has 2 saturated heterocycles. The minimum absolute atomic E-state index is 0.762. The van der Waals surface area contributed by atoms with Crippen LogP contribution in [0.2, 0.25) is 0 Å². The van der Waals surface area contributed by atoms with Gasteiger partial charge in [0.25, 0.3) is 0 Å². The summed E-state index contributed by atoms with van der Waals surface area (Å²) in [7, 11) is 0. The summed E-state index contributed by atoms with van der Waals surface area (Å²) in [5.74, 6) is 0.762. The normalized spacial score (nSPS) is 22.8. The smallest absolute Gasteiger partial charge is 0.191 e. The van der Waals surface area contributed by atoms with E-state index >= 15 is 0 Å². The maximum Gasteiger partial charge on any atom is 0.191 e. The zero-order valence-electron chi connectivity index (χ0n) is 12.7. The molecule has 116 valence electrons. The number of rotatable bonds is 5. The third-order valence-electron chi connectivity index (χ3n) is 4.19. The van der Waals surface area contributed by atoms with Crippen LogP contribution in [0, 0.1) is 0 Å². The van der Waals surface area contributed by atoms with Crippen LogP contribution in [0.25, 0.3) is 0 Å². The van der Waals surface area contributed by atoms with Crippen LogP contribution < -0.4 is 5.73 Å². The van der Waals surface area contributed by atoms with Crippen LogP contribution in [0.3, 0.4) is 0 Å². The van der Waals surface area contributed by atoms with Crippen molar-refractivity contribution in [3.63, 3.8) is 0 Å². The van der Waals surface area contributed by atoms with Crippen molar-refractivity contribution in [2.45, 2.75) is 38.5 Å². The largest absolute Gasteiger partial charge is 0.379 e. The van der Waals surface area contributed by atoms with Gasteiger partial charge in [-0.25, -0.2) is 0 Å². The fraction of sp³-hybridized carbons (Fsp3) is 0.933. The number of unbranched alkanes of at least 4 members (excludes halogenated alkanes) is 1. The molecule has 0 aromatic heterocycles. The quantitative estimate of drug-likeness (QED) is 0.469. The lowest BCUT2D eigenvalue weighted by atomic mass is 10.2. The Labute approximate surface area is 123 Å². The molecule has 0 atom stereocenters. The number of nitrogens with zero attached hydrogens (tertiary/aromatic N) is 3. The molecule has 0 bridgehead atoms. The van der Waals surface area contributed by atoms with E-state index in [2.05, 4.69) is 14.8 Å². The summed E-state index contributed by atoms with van der Waals surface area (Å²) in [4.78, 5) is 9.29. The van der Waals surface area contributed by atoms with Crippen molar-refractivity contribution in [3.05, 3.63) is 0 Å². The van der Waals surface area contributed by atoms with Crippen LogP contribution >= 0.6 is 0 Å². The highest BCUT2D eigenvalue weighted by Gasteiger charge is 2.11. The fourth-order valence-corrected chi connectivity index (χ4v) is 2.87. The zero-order valence-corrected chi connectivity index (χ0v) is 12.7. The van der Waals surface area contributed by atoms with E-state index in [9.17, 15) is 0 Å². The lowest BCUT2D eigenvalue weighted by molar-refractivity contribution is 0.0373. The maximum atomic E-state index is 6.09. The highest BCUT2D eigenvalue weighted by molar-refractivity contribution is 5.78. The standard InChI is InChI=1S/C15H30N4O/c16-15(19-9-4-1-2-5-10-19)17-7-3-6-8-18-11-13-20-14-12-18/h1-14H2,(H2,16,17). The van der Waals surface area contributed by atoms with E-state index in [1.54, 1.807) is 0 Å². The van der Waals surface area contributed by atoms with E-state index < -0.39 is 0 Å². The van der Waals surface area contributed by atoms with E-state index in [1.807, 2.05) is 0 Å². The van der Waals surface area contributed by atoms with Gasteiger partial charge in [-0.3, -0.25) is 9.89 Å². The van der Waals surface area contributed by atoms with E-state index in [1.165, 1.54) is 38.6 Å². The van der Waals surface area contributed by atoms with Gasteiger partial charge in [-0.2, -0.15) is 0 Å². The molecular formula is C15H30N4O. The summed E-state index contributed by atoms with van der Waals surface area (Å²) >= 11 is 0. The number of morpholine rings is 1. The van der Waals surface area contributed by atoms with Crippen LogP contribution in [-0.2, 0) is 4.74 Å². The minimum atomic E-state index is 0.762. The van der Waals surface area contributed by atoms with Crippen molar-refractivity contribution in [2.75, 3.05) is 52.5 Å². The number of likely N-dealkylation sites (tertiary alicyclic amines) is 1. The Hall–Kier alpha value is -0.810. The number of guanidine groups is 1. The molecule has 2 heterocycles. The van der Waals surface area contributed by atoms with E-state index in [0.717, 1.165) is 58.3 Å². The number of hydrogen-bond acceptors (Lipinski definition) is 3. The van der Waals surface area contributed by atoms with Crippen molar-refractivity contribution in [2.24, 2.45) is 10.7 Å². The second-order valence-corrected chi connectivity index (χ2v) is 5.80. The number of hydrogen-bond donors (Lipinski definition) is 1. The first-order valence-corrected chi connectivity index (χ1v) is 8.21. The van der Waals surface area contributed by atoms with Crippen molar-refractivity contribution >= 4 is 5.96 Å². The molecule has 0 saturated carbocycles. The summed E-state index contributed by atoms with van der Waals surface area (Å²) in [6, 6.07) is 0. The number of nitrogens with two attached hydrogens (primary N) is 1. The van der Waals surface area contributed by atoms with Gasteiger partial charge >= 0.3 is 0 Å². The van der Waals surface area contributed by atoms with E-state index in [0.29, 0.717) is 0 Å². The van der Waals surface area contributed by atoms with Gasteiger partial charge in [0.1, 0.15) is 0 Å². The lowest BCUT2D eigenvalue weighted by Crippen LogP contribution is -2.38. The first-order valence-electron chi connectivity index (χ1n) is 8.21. The molecule has 5 nitrogen and oxygen atoms in total. The Kier molecular flexibility index (Phi) is 7.15. The molecule has 0 radical (unpaired) electrons. The van der Waals surface area contributed by atoms with Gasteiger partial charge in [0, 0.05) is 32.7 Å². The molecule has 2 aliphatic rings. The van der Waals surface area contributed by atoms with Crippen molar-refractivity contribution < 1.29 is 4.74 Å². The topological polar surface area (TPSA) is 54.1 Å². The molecule has 0 unspecified atom stereocenters. The molecule has 0 spiro atoms. The van der Waals surface area contributed by atoms with Gasteiger partial charge in [-0.05, 0) is 32.2 Å². The molecule has 0 amide bonds. The zero-order chi connectivity index (χ0) is 14.0. The highest BCUT2D eigenvalue weighted by Crippen LogP contribution is 2.09. The maximum absolute atomic E-state index is 6.09. The van der Waals surface area contributed by atoms with Gasteiger partial charge in [0.15, 0.2) is 5.96 Å². The molecule has 0 aromatic rings. The summed E-state index contributed by atoms with van der Waals surface area (Å²) in [5.41, 5.74) is 6.09. The first-order chi connectivity index (χ1) is 9.86. The van der Waals surface area contributed by atoms with Crippen LogP contribution in [0.1, 0.15) is 38.5 Å². The molecule has 2 rings (SSSR count). The summed E-state index contributed by atoms with van der Waals surface area (Å²) in [5, 5.41) is 0. The number of ether oxygens (including phenoxy) is 1. The first kappa shape index (κ1) is 15.6. The van der Waals surface area contributed by atoms with Gasteiger partial charge in [0.05, 0.1) is 13.2 Å². The second kappa shape index (κ2) is 9.19. The minimum Gasteiger partial charge on any atom is -0.379 e. The Morgan fingerprint density at radius 2 is 1.65 bits per heavy atom. The van der Waals surface area contributed by atoms with Crippen LogP contribution in [0.4, 0.5) is 0 Å². The summed E-state index contributed by atoms with van der Waals surface area (Å²) < 4.78 is 5.35. The third kappa shape index (κ3) is 5.67. The average Bonchev–Trinajstić information content (AvgIpc) is 2.77. The lowest BCUT2D eigenvalue weighted by Gasteiger charge is -2.26. The molecule has 2 N–H and O–H groups in total. The van der Waals surface area contributed by atoms with Crippen molar-refractivity contribution in [3.8, 4) is 0 Å². The van der Waals surface area contributed by atoms with E-state index in [4.69, 9.17) is 10.5 Å². The van der Waals surface area contributed by atoms with Crippen LogP contribution in [0.5, 0.6) is 0 Å². The van der Waals surface area contributed by atoms with Gasteiger partial charge in [0.2, 0.25) is 0 Å². The SMILES string of the molecule is NC(=NCCCCN1CCOCC1)N1CCCCCC1. The molecule has 2 fully saturated rings. The Balaban J connectivity index is 1.57. The second-order valence-electron chi connectivity index (χ2n) is 5.80. The van der Waals surface area contributed by atoms with Crippen molar-refractivity contribution in [1.29, 1.82) is 0 Å². The summed E-state index contributed by atoms with van der Waals surface area (Å²) in [6.45, 7) is 8.15. The molecule has 2 aliphatic heterocycles. The van der Waals surface area contributed by atoms with Crippen LogP contribution in [0.15, 0.2) is 4.99 Å². The monoisotopic (exact) mass is 282 g/mol. The average molecular weight is 282 g/mol. The van der Waals surface area contributed by atoms with Gasteiger partial charge in [-0.15, -0.1) is 0 Å². The van der Waals surface area contributed by atoms with E-state index in [-0.39, 0.29) is 0 Å². The predicted octanol–water partition coefficient (Wildman–Crippen LogP) is 1.29. The molecular weight excluding hydrogens is 252 g/mol. The van der Waals surface area contributed by atoms with Gasteiger partial charge < -0.3 is 15.4 Å². The number of aliphatic imine (C=N–C) groups is 1. The summed E-state index contributed by atoms with van der Waals surface area (Å²) in [6.07, 6.45) is 7.52. The predicted molar refractivity (Wildman–Crippen MR) is 83.0 cm³/mol. The Morgan fingerprint density at radius 3 is 2.35 bits per heavy atom. The Bertz CT molecular complexity index is 282.